The maximum absolute atomic E-state index is 12.2. The van der Waals surface area contributed by atoms with Crippen LogP contribution in [0.3, 0.4) is 0 Å². The van der Waals surface area contributed by atoms with Crippen LogP contribution >= 0.6 is 0 Å². The first-order valence-corrected chi connectivity index (χ1v) is 9.73. The third-order valence-electron chi connectivity index (χ3n) is 4.61. The third-order valence-corrected chi connectivity index (χ3v) is 4.61. The molecule has 0 radical (unpaired) electrons. The Labute approximate surface area is 179 Å². The van der Waals surface area contributed by atoms with E-state index in [0.29, 0.717) is 11.3 Å². The third kappa shape index (κ3) is 5.99. The topological polar surface area (TPSA) is 102 Å². The van der Waals surface area contributed by atoms with Gasteiger partial charge in [0.05, 0.1) is 12.1 Å². The Morgan fingerprint density at radius 2 is 1.55 bits per heavy atom. The maximum atomic E-state index is 12.2. The largest absolute Gasteiger partial charge is 0.454 e. The number of rotatable bonds is 8. The molecule has 0 bridgehead atoms. The summed E-state index contributed by atoms with van der Waals surface area (Å²) in [6, 6.07) is 20.0. The van der Waals surface area contributed by atoms with Crippen LogP contribution in [-0.4, -0.2) is 36.7 Å². The standard InChI is InChI=1S/C24H22N2O5/c1-16(27)19-10-4-5-12-21(19)26-23(29)15-31-24(30)14-25-22(28)13-18-9-6-8-17-7-2-3-11-20(17)18/h2-12H,13-15H2,1H3,(H,25,28)(H,26,29). The molecule has 2 amide bonds. The number of hydrogen-bond acceptors (Lipinski definition) is 5. The zero-order chi connectivity index (χ0) is 22.2. The first-order chi connectivity index (χ1) is 14.9. The van der Waals surface area contributed by atoms with E-state index < -0.39 is 18.5 Å². The SMILES string of the molecule is CC(=O)c1ccccc1NC(=O)COC(=O)CNC(=O)Cc1cccc2ccccc12. The van der Waals surface area contributed by atoms with Crippen LogP contribution in [0.15, 0.2) is 66.7 Å². The van der Waals surface area contributed by atoms with E-state index in [1.54, 1.807) is 24.3 Å². The number of anilines is 1. The molecule has 158 valence electrons. The highest BCUT2D eigenvalue weighted by Gasteiger charge is 2.13. The number of hydrogen-bond donors (Lipinski definition) is 2. The molecule has 0 saturated carbocycles. The molecule has 0 unspecified atom stereocenters. The lowest BCUT2D eigenvalue weighted by Gasteiger charge is -2.10. The molecule has 3 aromatic carbocycles. The fourth-order valence-electron chi connectivity index (χ4n) is 3.14. The zero-order valence-corrected chi connectivity index (χ0v) is 17.0. The lowest BCUT2D eigenvalue weighted by atomic mass is 10.0. The summed E-state index contributed by atoms with van der Waals surface area (Å²) >= 11 is 0. The van der Waals surface area contributed by atoms with Crippen molar-refractivity contribution >= 4 is 40.0 Å². The van der Waals surface area contributed by atoms with Crippen LogP contribution in [0.5, 0.6) is 0 Å². The first-order valence-electron chi connectivity index (χ1n) is 9.73. The molecule has 0 aliphatic carbocycles. The molecule has 0 aliphatic heterocycles. The maximum Gasteiger partial charge on any atom is 0.325 e. The molecule has 3 aromatic rings. The number of esters is 1. The second-order valence-electron chi connectivity index (χ2n) is 6.90. The molecule has 7 nitrogen and oxygen atoms in total. The number of amides is 2. The van der Waals surface area contributed by atoms with E-state index in [4.69, 9.17) is 4.74 Å². The lowest BCUT2D eigenvalue weighted by molar-refractivity contribution is -0.147. The number of fused-ring (bicyclic) bond motifs is 1. The summed E-state index contributed by atoms with van der Waals surface area (Å²) in [6.45, 7) is 0.525. The molecule has 2 N–H and O–H groups in total. The van der Waals surface area contributed by atoms with Crippen molar-refractivity contribution < 1.29 is 23.9 Å². The molecular formula is C24H22N2O5. The predicted molar refractivity (Wildman–Crippen MR) is 117 cm³/mol. The lowest BCUT2D eigenvalue weighted by Crippen LogP contribution is -2.33. The molecule has 0 saturated heterocycles. The van der Waals surface area contributed by atoms with Gasteiger partial charge >= 0.3 is 5.97 Å². The number of Topliss-reactive ketones (excluding diaryl/α,β-unsaturated/α-hetero) is 1. The van der Waals surface area contributed by atoms with Gasteiger partial charge in [0.1, 0.15) is 6.54 Å². The van der Waals surface area contributed by atoms with Crippen LogP contribution in [0.4, 0.5) is 5.69 Å². The Hall–Kier alpha value is -4.00. The van der Waals surface area contributed by atoms with Gasteiger partial charge in [-0.3, -0.25) is 19.2 Å². The van der Waals surface area contributed by atoms with E-state index in [1.807, 2.05) is 42.5 Å². The van der Waals surface area contributed by atoms with Crippen molar-refractivity contribution in [3.05, 3.63) is 77.9 Å². The van der Waals surface area contributed by atoms with E-state index in [1.165, 1.54) is 6.92 Å². The minimum Gasteiger partial charge on any atom is -0.454 e. The van der Waals surface area contributed by atoms with Crippen LogP contribution in [0.1, 0.15) is 22.8 Å². The van der Waals surface area contributed by atoms with Crippen LogP contribution in [0, 0.1) is 0 Å². The van der Waals surface area contributed by atoms with Crippen LogP contribution in [0.25, 0.3) is 10.8 Å². The first kappa shape index (κ1) is 21.7. The second-order valence-corrected chi connectivity index (χ2v) is 6.90. The van der Waals surface area contributed by atoms with Gasteiger partial charge in [0.15, 0.2) is 12.4 Å². The van der Waals surface area contributed by atoms with Gasteiger partial charge in [-0.2, -0.15) is 0 Å². The van der Waals surface area contributed by atoms with E-state index in [9.17, 15) is 19.2 Å². The van der Waals surface area contributed by atoms with E-state index in [-0.39, 0.29) is 24.7 Å². The van der Waals surface area contributed by atoms with E-state index in [2.05, 4.69) is 10.6 Å². The average molecular weight is 418 g/mol. The van der Waals surface area contributed by atoms with Gasteiger partial charge in [0, 0.05) is 5.56 Å². The summed E-state index contributed by atoms with van der Waals surface area (Å²) in [5.41, 5.74) is 1.56. The van der Waals surface area contributed by atoms with Gasteiger partial charge in [-0.15, -0.1) is 0 Å². The van der Waals surface area contributed by atoms with Crippen molar-refractivity contribution in [2.24, 2.45) is 0 Å². The number of carbonyl (C=O) groups excluding carboxylic acids is 4. The summed E-state index contributed by atoms with van der Waals surface area (Å²) in [5, 5.41) is 7.05. The van der Waals surface area contributed by atoms with Crippen molar-refractivity contribution in [1.82, 2.24) is 5.32 Å². The molecule has 31 heavy (non-hydrogen) atoms. The number of nitrogens with one attached hydrogen (secondary N) is 2. The van der Waals surface area contributed by atoms with Crippen molar-refractivity contribution in [3.8, 4) is 0 Å². The van der Waals surface area contributed by atoms with Crippen LogP contribution in [-0.2, 0) is 25.5 Å². The molecular weight excluding hydrogens is 396 g/mol. The number of ether oxygens (including phenoxy) is 1. The van der Waals surface area contributed by atoms with Crippen molar-refractivity contribution in [2.75, 3.05) is 18.5 Å². The van der Waals surface area contributed by atoms with Crippen LogP contribution < -0.4 is 10.6 Å². The van der Waals surface area contributed by atoms with Crippen molar-refractivity contribution in [1.29, 1.82) is 0 Å². The highest BCUT2D eigenvalue weighted by Crippen LogP contribution is 2.19. The van der Waals surface area contributed by atoms with Gasteiger partial charge in [-0.05, 0) is 35.4 Å². The Bertz CT molecular complexity index is 1130. The Kier molecular flexibility index (Phi) is 7.11. The van der Waals surface area contributed by atoms with Gasteiger partial charge in [0.25, 0.3) is 5.91 Å². The molecule has 3 rings (SSSR count). The molecule has 0 atom stereocenters. The average Bonchev–Trinajstić information content (AvgIpc) is 2.77. The molecule has 0 aromatic heterocycles. The zero-order valence-electron chi connectivity index (χ0n) is 17.0. The summed E-state index contributed by atoms with van der Waals surface area (Å²) in [5.74, 6) is -1.83. The highest BCUT2D eigenvalue weighted by atomic mass is 16.5. The Morgan fingerprint density at radius 3 is 2.35 bits per heavy atom. The number of benzene rings is 3. The summed E-state index contributed by atoms with van der Waals surface area (Å²) < 4.78 is 4.90. The normalized spacial score (nSPS) is 10.4. The number of para-hydroxylation sites is 1. The molecule has 7 heteroatoms. The molecule has 0 fully saturated rings. The molecule has 0 spiro atoms. The van der Waals surface area contributed by atoms with Crippen molar-refractivity contribution in [2.45, 2.75) is 13.3 Å². The smallest absolute Gasteiger partial charge is 0.325 e. The summed E-state index contributed by atoms with van der Waals surface area (Å²) in [7, 11) is 0. The summed E-state index contributed by atoms with van der Waals surface area (Å²) in [6.07, 6.45) is 0.122. The summed E-state index contributed by atoms with van der Waals surface area (Å²) in [4.78, 5) is 47.7. The minimum atomic E-state index is -0.735. The van der Waals surface area contributed by atoms with Crippen molar-refractivity contribution in [3.63, 3.8) is 0 Å². The monoisotopic (exact) mass is 418 g/mol. The van der Waals surface area contributed by atoms with Gasteiger partial charge in [-0.1, -0.05) is 54.6 Å². The van der Waals surface area contributed by atoms with Gasteiger partial charge in [0.2, 0.25) is 5.91 Å². The van der Waals surface area contributed by atoms with Gasteiger partial charge in [-0.25, -0.2) is 0 Å². The van der Waals surface area contributed by atoms with Crippen LogP contribution in [0.2, 0.25) is 0 Å². The minimum absolute atomic E-state index is 0.122. The number of ketones is 1. The van der Waals surface area contributed by atoms with E-state index in [0.717, 1.165) is 16.3 Å². The Morgan fingerprint density at radius 1 is 0.839 bits per heavy atom. The molecule has 0 heterocycles. The second kappa shape index (κ2) is 10.2. The predicted octanol–water partition coefficient (Wildman–Crippen LogP) is 2.88. The highest BCUT2D eigenvalue weighted by molar-refractivity contribution is 6.04. The van der Waals surface area contributed by atoms with E-state index >= 15 is 0 Å². The fourth-order valence-corrected chi connectivity index (χ4v) is 3.14. The number of carbonyl (C=O) groups is 4. The quantitative estimate of drug-likeness (QED) is 0.433. The fraction of sp³-hybridized carbons (Fsp3) is 0.167. The van der Waals surface area contributed by atoms with Gasteiger partial charge < -0.3 is 15.4 Å². The molecule has 0 aliphatic rings. The Balaban J connectivity index is 1.45.